The van der Waals surface area contributed by atoms with E-state index in [9.17, 15) is 15.8 Å². The van der Waals surface area contributed by atoms with Gasteiger partial charge in [0.15, 0.2) is 5.41 Å². The van der Waals surface area contributed by atoms with E-state index in [1.807, 2.05) is 17.5 Å². The van der Waals surface area contributed by atoms with E-state index in [-0.39, 0.29) is 17.5 Å². The topological polar surface area (TPSA) is 95.2 Å². The highest BCUT2D eigenvalue weighted by atomic mass is 32.1. The summed E-state index contributed by atoms with van der Waals surface area (Å²) in [5, 5.41) is 39.8. The Morgan fingerprint density at radius 1 is 1.33 bits per heavy atom. The van der Waals surface area contributed by atoms with Crippen LogP contribution in [0.3, 0.4) is 0 Å². The van der Waals surface area contributed by atoms with E-state index >= 15 is 0 Å². The highest BCUT2D eigenvalue weighted by molar-refractivity contribution is 7.10. The second-order valence-electron chi connectivity index (χ2n) is 6.56. The van der Waals surface area contributed by atoms with Crippen molar-refractivity contribution in [2.24, 2.45) is 23.2 Å². The molecule has 2 aliphatic carbocycles. The first-order valence-corrected chi connectivity index (χ1v) is 9.05. The van der Waals surface area contributed by atoms with Crippen LogP contribution in [0.4, 0.5) is 0 Å². The number of hydrogen-bond acceptors (Lipinski definition) is 5. The Bertz CT molecular complexity index is 786. The molecule has 0 bridgehead atoms. The van der Waals surface area contributed by atoms with Crippen LogP contribution in [0, 0.1) is 62.6 Å². The van der Waals surface area contributed by atoms with Gasteiger partial charge in [0.25, 0.3) is 0 Å². The summed E-state index contributed by atoms with van der Waals surface area (Å²) >= 11 is 1.53. The zero-order valence-corrected chi connectivity index (χ0v) is 14.3. The van der Waals surface area contributed by atoms with E-state index in [2.05, 4.69) is 31.2 Å². The summed E-state index contributed by atoms with van der Waals surface area (Å²) in [6, 6.07) is 10.3. The maximum atomic E-state index is 9.87. The van der Waals surface area contributed by atoms with Gasteiger partial charge in [0, 0.05) is 10.8 Å². The van der Waals surface area contributed by atoms with Gasteiger partial charge in [0.05, 0.1) is 23.9 Å². The van der Waals surface area contributed by atoms with Crippen molar-refractivity contribution in [3.8, 4) is 18.2 Å². The predicted molar refractivity (Wildman–Crippen MR) is 92.1 cm³/mol. The third kappa shape index (κ3) is 2.19. The van der Waals surface area contributed by atoms with Crippen molar-refractivity contribution in [3.05, 3.63) is 34.0 Å². The number of nitrogens with one attached hydrogen (secondary N) is 1. The second-order valence-corrected chi connectivity index (χ2v) is 7.54. The van der Waals surface area contributed by atoms with Crippen molar-refractivity contribution in [2.75, 3.05) is 0 Å². The van der Waals surface area contributed by atoms with Gasteiger partial charge < -0.3 is 5.41 Å². The Labute approximate surface area is 146 Å². The van der Waals surface area contributed by atoms with Gasteiger partial charge in [-0.1, -0.05) is 25.5 Å². The van der Waals surface area contributed by atoms with Crippen LogP contribution >= 0.6 is 11.3 Å². The molecule has 0 spiro atoms. The summed E-state index contributed by atoms with van der Waals surface area (Å²) in [6.45, 7) is 2.15. The van der Waals surface area contributed by atoms with Crippen LogP contribution < -0.4 is 0 Å². The van der Waals surface area contributed by atoms with Gasteiger partial charge in [0.1, 0.15) is 5.92 Å². The lowest BCUT2D eigenvalue weighted by atomic mass is 9.53. The maximum Gasteiger partial charge on any atom is 0.190 e. The summed E-state index contributed by atoms with van der Waals surface area (Å²) in [6.07, 6.45) is 4.93. The molecule has 0 radical (unpaired) electrons. The molecule has 1 aromatic rings. The SMILES string of the molecule is CC[C@H]1CC=C2C(C#N)C(=N)C(C#N)(C#N)[C@H](c3cccs3)[C@H]2C1. The fourth-order valence-electron chi connectivity index (χ4n) is 4.21. The van der Waals surface area contributed by atoms with Gasteiger partial charge in [-0.3, -0.25) is 0 Å². The zero-order chi connectivity index (χ0) is 17.3. The molecule has 120 valence electrons. The number of fused-ring (bicyclic) bond motifs is 1. The molecule has 3 rings (SSSR count). The average molecular weight is 334 g/mol. The van der Waals surface area contributed by atoms with E-state index in [0.29, 0.717) is 5.92 Å². The van der Waals surface area contributed by atoms with Crippen LogP contribution in [0.5, 0.6) is 0 Å². The summed E-state index contributed by atoms with van der Waals surface area (Å²) in [4.78, 5) is 0.965. The largest absolute Gasteiger partial charge is 0.305 e. The normalized spacial score (nSPS) is 31.1. The minimum Gasteiger partial charge on any atom is -0.305 e. The second kappa shape index (κ2) is 6.23. The fourth-order valence-corrected chi connectivity index (χ4v) is 5.17. The van der Waals surface area contributed by atoms with Crippen molar-refractivity contribution in [1.82, 2.24) is 0 Å². The minimum atomic E-state index is -1.55. The highest BCUT2D eigenvalue weighted by Gasteiger charge is 2.57. The summed E-state index contributed by atoms with van der Waals surface area (Å²) in [5.74, 6) is -0.614. The Morgan fingerprint density at radius 3 is 2.62 bits per heavy atom. The Kier molecular flexibility index (Phi) is 4.27. The van der Waals surface area contributed by atoms with E-state index in [0.717, 1.165) is 29.7 Å². The molecule has 5 heteroatoms. The lowest BCUT2D eigenvalue weighted by Gasteiger charge is -2.46. The van der Waals surface area contributed by atoms with Crippen LogP contribution in [-0.2, 0) is 0 Å². The molecular formula is C19H18N4S. The lowest BCUT2D eigenvalue weighted by molar-refractivity contribution is 0.273. The van der Waals surface area contributed by atoms with Crippen LogP contribution in [0.15, 0.2) is 29.2 Å². The van der Waals surface area contributed by atoms with Crippen molar-refractivity contribution < 1.29 is 0 Å². The van der Waals surface area contributed by atoms with Crippen LogP contribution in [-0.4, -0.2) is 5.71 Å². The average Bonchev–Trinajstić information content (AvgIpc) is 3.14. The van der Waals surface area contributed by atoms with Gasteiger partial charge in [-0.05, 0) is 41.7 Å². The fraction of sp³-hybridized carbons (Fsp3) is 0.474. The van der Waals surface area contributed by atoms with Crippen molar-refractivity contribution in [1.29, 1.82) is 21.2 Å². The number of allylic oxidation sites excluding steroid dienone is 2. The number of rotatable bonds is 2. The Morgan fingerprint density at radius 2 is 2.08 bits per heavy atom. The molecule has 1 fully saturated rings. The van der Waals surface area contributed by atoms with E-state index in [4.69, 9.17) is 5.41 Å². The third-order valence-electron chi connectivity index (χ3n) is 5.53. The third-order valence-corrected chi connectivity index (χ3v) is 6.48. The molecule has 4 atom stereocenters. The highest BCUT2D eigenvalue weighted by Crippen LogP contribution is 2.56. The number of hydrogen-bond donors (Lipinski definition) is 1. The number of nitrogens with zero attached hydrogens (tertiary/aromatic N) is 3. The predicted octanol–water partition coefficient (Wildman–Crippen LogP) is 4.40. The standard InChI is InChI=1S/C19H18N4S/c1-2-12-5-6-13-14(8-12)17(16-4-3-7-24-16)19(10-21,11-22)18(23)15(13)9-20/h3-4,6-7,12,14-15,17,23H,2,5,8H2,1H3/t12-,14-,15?,17-/m0/s1. The van der Waals surface area contributed by atoms with Crippen molar-refractivity contribution in [2.45, 2.75) is 32.1 Å². The molecule has 1 N–H and O–H groups in total. The summed E-state index contributed by atoms with van der Waals surface area (Å²) in [5.41, 5.74) is -0.652. The number of thiophene rings is 1. The molecule has 0 aliphatic heterocycles. The first kappa shape index (κ1) is 16.4. The molecule has 0 saturated heterocycles. The quantitative estimate of drug-likeness (QED) is 0.812. The minimum absolute atomic E-state index is 0.0135. The smallest absolute Gasteiger partial charge is 0.190 e. The Balaban J connectivity index is 2.23. The van der Waals surface area contributed by atoms with Gasteiger partial charge in [-0.15, -0.1) is 11.3 Å². The molecule has 0 aromatic carbocycles. The molecular weight excluding hydrogens is 316 g/mol. The zero-order valence-electron chi connectivity index (χ0n) is 13.5. The maximum absolute atomic E-state index is 9.87. The first-order chi connectivity index (χ1) is 11.6. The molecule has 1 aromatic heterocycles. The molecule has 4 nitrogen and oxygen atoms in total. The van der Waals surface area contributed by atoms with E-state index in [1.54, 1.807) is 0 Å². The molecule has 1 saturated carbocycles. The number of nitriles is 3. The van der Waals surface area contributed by atoms with Crippen molar-refractivity contribution in [3.63, 3.8) is 0 Å². The monoisotopic (exact) mass is 334 g/mol. The Hall–Kier alpha value is -2.42. The molecule has 24 heavy (non-hydrogen) atoms. The van der Waals surface area contributed by atoms with Gasteiger partial charge >= 0.3 is 0 Å². The van der Waals surface area contributed by atoms with Crippen LogP contribution in [0.1, 0.15) is 37.0 Å². The van der Waals surface area contributed by atoms with Gasteiger partial charge in [0.2, 0.25) is 0 Å². The van der Waals surface area contributed by atoms with Crippen LogP contribution in [0.25, 0.3) is 0 Å². The van der Waals surface area contributed by atoms with Gasteiger partial charge in [-0.25, -0.2) is 0 Å². The van der Waals surface area contributed by atoms with Crippen LogP contribution in [0.2, 0.25) is 0 Å². The van der Waals surface area contributed by atoms with E-state index in [1.165, 1.54) is 11.3 Å². The van der Waals surface area contributed by atoms with E-state index < -0.39 is 11.3 Å². The van der Waals surface area contributed by atoms with Gasteiger partial charge in [-0.2, -0.15) is 15.8 Å². The molecule has 1 unspecified atom stereocenters. The molecule has 2 aliphatic rings. The summed E-state index contributed by atoms with van der Waals surface area (Å²) < 4.78 is 0. The first-order valence-electron chi connectivity index (χ1n) is 8.17. The molecule has 1 heterocycles. The summed E-state index contributed by atoms with van der Waals surface area (Å²) in [7, 11) is 0. The lowest BCUT2D eigenvalue weighted by Crippen LogP contribution is -2.49. The molecule has 0 amide bonds. The van der Waals surface area contributed by atoms with Crippen molar-refractivity contribution >= 4 is 17.0 Å².